The molecule has 3 N–H and O–H groups in total. The third-order valence-corrected chi connectivity index (χ3v) is 3.08. The maximum atomic E-state index is 9.08. The summed E-state index contributed by atoms with van der Waals surface area (Å²) in [5.41, 5.74) is 8.91. The maximum Gasteiger partial charge on any atom is 0.222 e. The van der Waals surface area contributed by atoms with Crippen LogP contribution in [0.1, 0.15) is 16.8 Å². The van der Waals surface area contributed by atoms with Gasteiger partial charge in [-0.1, -0.05) is 0 Å². The summed E-state index contributed by atoms with van der Waals surface area (Å²) in [4.78, 5) is 8.31. The molecule has 0 saturated carbocycles. The van der Waals surface area contributed by atoms with Crippen molar-refractivity contribution >= 4 is 17.0 Å². The molecular formula is C14H9N7. The van der Waals surface area contributed by atoms with Crippen LogP contribution in [0.15, 0.2) is 18.2 Å². The van der Waals surface area contributed by atoms with Crippen molar-refractivity contribution in [2.45, 2.75) is 6.92 Å². The van der Waals surface area contributed by atoms with Crippen molar-refractivity contribution in [3.05, 3.63) is 35.0 Å². The second kappa shape index (κ2) is 4.58. The van der Waals surface area contributed by atoms with E-state index in [0.29, 0.717) is 28.0 Å². The van der Waals surface area contributed by atoms with Gasteiger partial charge in [0.15, 0.2) is 5.65 Å². The van der Waals surface area contributed by atoms with Gasteiger partial charge >= 0.3 is 0 Å². The molecule has 2 heterocycles. The van der Waals surface area contributed by atoms with Crippen molar-refractivity contribution in [3.63, 3.8) is 0 Å². The van der Waals surface area contributed by atoms with Gasteiger partial charge in [0.1, 0.15) is 0 Å². The van der Waals surface area contributed by atoms with Crippen LogP contribution in [0, 0.1) is 29.6 Å². The zero-order valence-electron chi connectivity index (χ0n) is 11.0. The molecule has 0 aliphatic heterocycles. The van der Waals surface area contributed by atoms with Crippen LogP contribution in [0.2, 0.25) is 0 Å². The lowest BCUT2D eigenvalue weighted by Gasteiger charge is -2.05. The molecule has 0 bridgehead atoms. The standard InChI is InChI=1S/C14H9N7/c1-7-11-12(18-14(17)19-13(11)21-20-7)10-3-8(5-15)2-9(4-10)6-16/h2-4H,1H3,(H3,17,18,19,20,21). The number of nitriles is 2. The number of rotatable bonds is 1. The van der Waals surface area contributed by atoms with Crippen LogP contribution in [0.3, 0.4) is 0 Å². The highest BCUT2D eigenvalue weighted by molar-refractivity contribution is 5.93. The first-order chi connectivity index (χ1) is 10.1. The van der Waals surface area contributed by atoms with E-state index < -0.39 is 0 Å². The number of hydrogen-bond acceptors (Lipinski definition) is 6. The van der Waals surface area contributed by atoms with Gasteiger partial charge in [0.25, 0.3) is 0 Å². The number of benzene rings is 1. The number of nitrogen functional groups attached to an aromatic ring is 1. The smallest absolute Gasteiger partial charge is 0.222 e. The van der Waals surface area contributed by atoms with E-state index in [1.165, 1.54) is 6.07 Å². The predicted octanol–water partition coefficient (Wildman–Crippen LogP) is 1.65. The molecule has 0 unspecified atom stereocenters. The largest absolute Gasteiger partial charge is 0.368 e. The van der Waals surface area contributed by atoms with Crippen LogP contribution >= 0.6 is 0 Å². The number of nitrogens with one attached hydrogen (secondary N) is 1. The zero-order valence-corrected chi connectivity index (χ0v) is 11.0. The van der Waals surface area contributed by atoms with Gasteiger partial charge in [0.2, 0.25) is 5.95 Å². The Morgan fingerprint density at radius 1 is 1.10 bits per heavy atom. The summed E-state index contributed by atoms with van der Waals surface area (Å²) >= 11 is 0. The van der Waals surface area contributed by atoms with Gasteiger partial charge in [-0.05, 0) is 25.1 Å². The molecular weight excluding hydrogens is 266 g/mol. The van der Waals surface area contributed by atoms with Crippen molar-refractivity contribution < 1.29 is 0 Å². The fourth-order valence-electron chi connectivity index (χ4n) is 2.19. The molecule has 0 fully saturated rings. The number of aromatic amines is 1. The molecule has 0 atom stereocenters. The average molecular weight is 275 g/mol. The number of anilines is 1. The lowest BCUT2D eigenvalue weighted by molar-refractivity contribution is 1.05. The average Bonchev–Trinajstić information content (AvgIpc) is 2.87. The Balaban J connectivity index is 2.38. The summed E-state index contributed by atoms with van der Waals surface area (Å²) in [5.74, 6) is 0.0878. The SMILES string of the molecule is Cc1[nH]nc2nc(N)nc(-c3cc(C#N)cc(C#N)c3)c12. The van der Waals surface area contributed by atoms with Crippen molar-refractivity contribution in [2.24, 2.45) is 0 Å². The lowest BCUT2D eigenvalue weighted by Crippen LogP contribution is -1.98. The van der Waals surface area contributed by atoms with Gasteiger partial charge in [0.05, 0.1) is 34.3 Å². The molecule has 0 aliphatic carbocycles. The Labute approximate surface area is 119 Å². The third kappa shape index (κ3) is 2.03. The van der Waals surface area contributed by atoms with Gasteiger partial charge in [-0.25, -0.2) is 4.98 Å². The van der Waals surface area contributed by atoms with Crippen molar-refractivity contribution in [1.29, 1.82) is 10.5 Å². The normalized spacial score (nSPS) is 10.2. The summed E-state index contributed by atoms with van der Waals surface area (Å²) in [7, 11) is 0. The summed E-state index contributed by atoms with van der Waals surface area (Å²) in [5, 5.41) is 25.8. The minimum absolute atomic E-state index is 0.0878. The van der Waals surface area contributed by atoms with Crippen molar-refractivity contribution in [2.75, 3.05) is 5.73 Å². The topological polar surface area (TPSA) is 128 Å². The number of H-pyrrole nitrogens is 1. The van der Waals surface area contributed by atoms with E-state index in [9.17, 15) is 0 Å². The first-order valence-electron chi connectivity index (χ1n) is 6.06. The Hall–Kier alpha value is -3.45. The quantitative estimate of drug-likeness (QED) is 0.694. The summed E-state index contributed by atoms with van der Waals surface area (Å²) in [6.07, 6.45) is 0. The van der Waals surface area contributed by atoms with Gasteiger partial charge in [0, 0.05) is 11.3 Å². The molecule has 0 saturated heterocycles. The highest BCUT2D eigenvalue weighted by Gasteiger charge is 2.15. The van der Waals surface area contributed by atoms with Gasteiger partial charge in [-0.3, -0.25) is 5.10 Å². The second-order valence-electron chi connectivity index (χ2n) is 4.50. The van der Waals surface area contributed by atoms with Crippen LogP contribution in [0.25, 0.3) is 22.3 Å². The minimum Gasteiger partial charge on any atom is -0.368 e. The van der Waals surface area contributed by atoms with E-state index in [4.69, 9.17) is 16.3 Å². The van der Waals surface area contributed by atoms with E-state index in [0.717, 1.165) is 11.1 Å². The van der Waals surface area contributed by atoms with Gasteiger partial charge in [-0.2, -0.15) is 20.6 Å². The minimum atomic E-state index is 0.0878. The van der Waals surface area contributed by atoms with E-state index >= 15 is 0 Å². The first-order valence-corrected chi connectivity index (χ1v) is 6.06. The van der Waals surface area contributed by atoms with E-state index in [-0.39, 0.29) is 5.95 Å². The highest BCUT2D eigenvalue weighted by Crippen LogP contribution is 2.29. The second-order valence-corrected chi connectivity index (χ2v) is 4.50. The molecule has 0 aliphatic rings. The Kier molecular flexibility index (Phi) is 2.74. The van der Waals surface area contributed by atoms with Gasteiger partial charge < -0.3 is 5.73 Å². The molecule has 21 heavy (non-hydrogen) atoms. The summed E-state index contributed by atoms with van der Waals surface area (Å²) in [6.45, 7) is 1.84. The lowest BCUT2D eigenvalue weighted by atomic mass is 10.0. The predicted molar refractivity (Wildman–Crippen MR) is 75.7 cm³/mol. The molecule has 100 valence electrons. The number of hydrogen-bond donors (Lipinski definition) is 2. The van der Waals surface area contributed by atoms with Crippen LogP contribution < -0.4 is 5.73 Å². The number of nitrogens with zero attached hydrogens (tertiary/aromatic N) is 5. The molecule has 3 aromatic rings. The number of aryl methyl sites for hydroxylation is 1. The molecule has 7 nitrogen and oxygen atoms in total. The highest BCUT2D eigenvalue weighted by atomic mass is 15.2. The summed E-state index contributed by atoms with van der Waals surface area (Å²) in [6, 6.07) is 8.91. The van der Waals surface area contributed by atoms with E-state index in [1.807, 2.05) is 19.1 Å². The molecule has 2 aromatic heterocycles. The molecule has 0 amide bonds. The van der Waals surface area contributed by atoms with Crippen LogP contribution in [-0.2, 0) is 0 Å². The fourth-order valence-corrected chi connectivity index (χ4v) is 2.19. The molecule has 1 aromatic carbocycles. The Bertz CT molecular complexity index is 908. The van der Waals surface area contributed by atoms with Crippen LogP contribution in [-0.4, -0.2) is 20.2 Å². The number of nitrogens with two attached hydrogens (primary N) is 1. The fraction of sp³-hybridized carbons (Fsp3) is 0.0714. The molecule has 0 radical (unpaired) electrons. The molecule has 7 heteroatoms. The third-order valence-electron chi connectivity index (χ3n) is 3.08. The number of aromatic nitrogens is 4. The van der Waals surface area contributed by atoms with Gasteiger partial charge in [-0.15, -0.1) is 0 Å². The van der Waals surface area contributed by atoms with Crippen LogP contribution in [0.4, 0.5) is 5.95 Å². The monoisotopic (exact) mass is 275 g/mol. The van der Waals surface area contributed by atoms with E-state index in [1.54, 1.807) is 12.1 Å². The van der Waals surface area contributed by atoms with Crippen molar-refractivity contribution in [3.8, 4) is 23.4 Å². The maximum absolute atomic E-state index is 9.08. The molecule has 3 rings (SSSR count). The van der Waals surface area contributed by atoms with Crippen LogP contribution in [0.5, 0.6) is 0 Å². The zero-order chi connectivity index (χ0) is 15.0. The number of fused-ring (bicyclic) bond motifs is 1. The molecule has 0 spiro atoms. The first kappa shape index (κ1) is 12.6. The Morgan fingerprint density at radius 2 is 1.76 bits per heavy atom. The van der Waals surface area contributed by atoms with Crippen molar-refractivity contribution in [1.82, 2.24) is 20.2 Å². The summed E-state index contributed by atoms with van der Waals surface area (Å²) < 4.78 is 0. The van der Waals surface area contributed by atoms with E-state index in [2.05, 4.69) is 20.2 Å². The Morgan fingerprint density at radius 3 is 2.38 bits per heavy atom.